The number of nitrogens with zero attached hydrogens (tertiary/aromatic N) is 5. The molecule has 2 unspecified atom stereocenters. The molecule has 6 atom stereocenters. The van der Waals surface area contributed by atoms with Crippen LogP contribution in [0.3, 0.4) is 0 Å². The number of carbonyl (C=O) groups is 3. The molecule has 236 valence electrons. The number of halogens is 1. The standard InChI is InChI=1S/C30H43FN6O5S/c1-8-18(4)26(35-36-32)29(40)37(6)24(17(2)3)15-25(38)28-34-23(16-43-28)27(39)33-22(13-19(5)30(41)42-7)14-20-9-11-21(31)12-10-20/h9-12,16-19,22,24-26,38H,8,13-15H2,1-7H3,(H,33,39)/t18?,19-,22+,24?,25+,26-/m0/s1. The number of amides is 2. The molecule has 13 heteroatoms. The molecule has 43 heavy (non-hydrogen) atoms. The van der Waals surface area contributed by atoms with Crippen molar-refractivity contribution in [1.29, 1.82) is 0 Å². The van der Waals surface area contributed by atoms with Gasteiger partial charge >= 0.3 is 5.97 Å². The predicted octanol–water partition coefficient (Wildman–Crippen LogP) is 5.45. The van der Waals surface area contributed by atoms with Gasteiger partial charge in [0.25, 0.3) is 5.91 Å². The third kappa shape index (κ3) is 10.3. The molecule has 0 fully saturated rings. The van der Waals surface area contributed by atoms with Crippen molar-refractivity contribution in [2.24, 2.45) is 22.9 Å². The fraction of sp³-hybridized carbons (Fsp3) is 0.600. The molecule has 0 aliphatic rings. The number of benzene rings is 1. The molecule has 2 amide bonds. The van der Waals surface area contributed by atoms with E-state index >= 15 is 0 Å². The molecule has 0 aliphatic carbocycles. The lowest BCUT2D eigenvalue weighted by molar-refractivity contribution is -0.145. The maximum atomic E-state index is 13.4. The minimum atomic E-state index is -1.05. The van der Waals surface area contributed by atoms with Crippen LogP contribution < -0.4 is 5.32 Å². The van der Waals surface area contributed by atoms with Crippen molar-refractivity contribution in [1.82, 2.24) is 15.2 Å². The van der Waals surface area contributed by atoms with E-state index in [1.54, 1.807) is 31.5 Å². The zero-order chi connectivity index (χ0) is 32.3. The highest BCUT2D eigenvalue weighted by molar-refractivity contribution is 7.09. The average Bonchev–Trinajstić information content (AvgIpc) is 3.49. The second-order valence-electron chi connectivity index (χ2n) is 11.3. The van der Waals surface area contributed by atoms with E-state index in [4.69, 9.17) is 10.3 Å². The summed E-state index contributed by atoms with van der Waals surface area (Å²) in [5, 5.41) is 19.6. The van der Waals surface area contributed by atoms with E-state index in [0.29, 0.717) is 24.3 Å². The quantitative estimate of drug-likeness (QED) is 0.110. The first kappa shape index (κ1) is 35.7. The summed E-state index contributed by atoms with van der Waals surface area (Å²) < 4.78 is 18.2. The predicted molar refractivity (Wildman–Crippen MR) is 163 cm³/mol. The first-order chi connectivity index (χ1) is 20.3. The number of azide groups is 1. The third-order valence-electron chi connectivity index (χ3n) is 7.70. The van der Waals surface area contributed by atoms with Gasteiger partial charge in [0.15, 0.2) is 0 Å². The average molecular weight is 619 g/mol. The van der Waals surface area contributed by atoms with Crippen molar-refractivity contribution in [2.75, 3.05) is 14.2 Å². The number of hydrogen-bond acceptors (Lipinski definition) is 8. The molecule has 0 saturated carbocycles. The van der Waals surface area contributed by atoms with E-state index in [0.717, 1.165) is 16.9 Å². The molecule has 1 aromatic carbocycles. The minimum absolute atomic E-state index is 0.0287. The van der Waals surface area contributed by atoms with Crippen LogP contribution in [0.15, 0.2) is 34.8 Å². The van der Waals surface area contributed by atoms with E-state index in [1.807, 2.05) is 27.7 Å². The van der Waals surface area contributed by atoms with Gasteiger partial charge in [-0.1, -0.05) is 58.3 Å². The number of aliphatic hydroxyl groups is 1. The van der Waals surface area contributed by atoms with Gasteiger partial charge in [-0.15, -0.1) is 11.3 Å². The van der Waals surface area contributed by atoms with Crippen molar-refractivity contribution in [3.8, 4) is 0 Å². The van der Waals surface area contributed by atoms with Crippen LogP contribution in [0.25, 0.3) is 10.4 Å². The molecule has 11 nitrogen and oxygen atoms in total. The molecule has 2 aromatic rings. The third-order valence-corrected chi connectivity index (χ3v) is 8.65. The number of carbonyl (C=O) groups excluding carboxylic acids is 3. The Morgan fingerprint density at radius 2 is 1.84 bits per heavy atom. The Morgan fingerprint density at radius 3 is 2.40 bits per heavy atom. The topological polar surface area (TPSA) is 158 Å². The van der Waals surface area contributed by atoms with Crippen molar-refractivity contribution in [3.05, 3.63) is 62.2 Å². The molecular formula is C30H43FN6O5S. The normalized spacial score (nSPS) is 15.4. The monoisotopic (exact) mass is 618 g/mol. The van der Waals surface area contributed by atoms with E-state index in [-0.39, 0.29) is 41.7 Å². The van der Waals surface area contributed by atoms with Crippen LogP contribution in [0.2, 0.25) is 0 Å². The molecule has 2 N–H and O–H groups in total. The number of nitrogens with one attached hydrogen (secondary N) is 1. The van der Waals surface area contributed by atoms with Gasteiger partial charge in [-0.25, -0.2) is 9.37 Å². The summed E-state index contributed by atoms with van der Waals surface area (Å²) in [6.07, 6.45) is 0.428. The van der Waals surface area contributed by atoms with Crippen LogP contribution in [0.1, 0.15) is 81.0 Å². The Balaban J connectivity index is 2.18. The SMILES string of the molecule is CCC(C)[C@H](N=[N+]=[N-])C(=O)N(C)C(C[C@@H](O)c1nc(C(=O)N[C@@H](Cc2ccc(F)cc2)C[C@H](C)C(=O)OC)cs1)C(C)C. The Bertz CT molecular complexity index is 1270. The summed E-state index contributed by atoms with van der Waals surface area (Å²) >= 11 is 1.13. The largest absolute Gasteiger partial charge is 0.469 e. The fourth-order valence-electron chi connectivity index (χ4n) is 4.89. The summed E-state index contributed by atoms with van der Waals surface area (Å²) in [5.41, 5.74) is 9.89. The molecule has 0 bridgehead atoms. The smallest absolute Gasteiger partial charge is 0.308 e. The van der Waals surface area contributed by atoms with Gasteiger partial charge in [0.2, 0.25) is 5.91 Å². The van der Waals surface area contributed by atoms with Crippen molar-refractivity contribution < 1.29 is 28.6 Å². The molecule has 0 saturated heterocycles. The maximum absolute atomic E-state index is 13.4. The van der Waals surface area contributed by atoms with E-state index in [1.165, 1.54) is 24.1 Å². The number of aromatic nitrogens is 1. The maximum Gasteiger partial charge on any atom is 0.308 e. The summed E-state index contributed by atoms with van der Waals surface area (Å²) in [7, 11) is 2.94. The Kier molecular flexibility index (Phi) is 14.0. The molecule has 1 aromatic heterocycles. The number of thiazole rings is 1. The second-order valence-corrected chi connectivity index (χ2v) is 12.2. The van der Waals surface area contributed by atoms with Crippen LogP contribution in [-0.4, -0.2) is 65.1 Å². The summed E-state index contributed by atoms with van der Waals surface area (Å²) in [5.74, 6) is -2.24. The van der Waals surface area contributed by atoms with Crippen molar-refractivity contribution in [3.63, 3.8) is 0 Å². The Labute approximate surface area is 256 Å². The molecule has 1 heterocycles. The van der Waals surface area contributed by atoms with E-state index in [2.05, 4.69) is 20.3 Å². The number of esters is 1. The van der Waals surface area contributed by atoms with Crippen LogP contribution in [0, 0.1) is 23.6 Å². The Morgan fingerprint density at radius 1 is 1.19 bits per heavy atom. The van der Waals surface area contributed by atoms with E-state index in [9.17, 15) is 23.9 Å². The van der Waals surface area contributed by atoms with Crippen LogP contribution in [0.4, 0.5) is 4.39 Å². The van der Waals surface area contributed by atoms with Crippen LogP contribution in [-0.2, 0) is 20.7 Å². The summed E-state index contributed by atoms with van der Waals surface area (Å²) in [6.45, 7) is 9.35. The number of hydrogen-bond donors (Lipinski definition) is 2. The Hall–Kier alpha value is -3.54. The molecule has 0 aliphatic heterocycles. The fourth-order valence-corrected chi connectivity index (χ4v) is 5.69. The molecule has 0 spiro atoms. The van der Waals surface area contributed by atoms with Gasteiger partial charge < -0.3 is 20.1 Å². The van der Waals surface area contributed by atoms with E-state index < -0.39 is 36.0 Å². The van der Waals surface area contributed by atoms with Crippen molar-refractivity contribution >= 4 is 29.1 Å². The van der Waals surface area contributed by atoms with Gasteiger partial charge in [0.1, 0.15) is 28.7 Å². The van der Waals surface area contributed by atoms with Crippen LogP contribution >= 0.6 is 11.3 Å². The number of likely N-dealkylation sites (N-methyl/N-ethyl adjacent to an activating group) is 1. The second kappa shape index (κ2) is 16.9. The first-order valence-corrected chi connectivity index (χ1v) is 15.3. The lowest BCUT2D eigenvalue weighted by Gasteiger charge is -2.35. The van der Waals surface area contributed by atoms with Gasteiger partial charge in [-0.05, 0) is 47.9 Å². The zero-order valence-electron chi connectivity index (χ0n) is 25.9. The van der Waals surface area contributed by atoms with Crippen molar-refractivity contribution in [2.45, 2.75) is 84.5 Å². The number of rotatable bonds is 16. The number of methoxy groups -OCH3 is 1. The molecule has 0 radical (unpaired) electrons. The summed E-state index contributed by atoms with van der Waals surface area (Å²) in [6, 6.07) is 4.22. The zero-order valence-corrected chi connectivity index (χ0v) is 26.7. The highest BCUT2D eigenvalue weighted by atomic mass is 32.1. The molecule has 2 rings (SSSR count). The lowest BCUT2D eigenvalue weighted by Crippen LogP contribution is -2.47. The number of aliphatic hydroxyl groups excluding tert-OH is 1. The lowest BCUT2D eigenvalue weighted by atomic mass is 9.93. The molecular weight excluding hydrogens is 575 g/mol. The highest BCUT2D eigenvalue weighted by Gasteiger charge is 2.33. The van der Waals surface area contributed by atoms with Gasteiger partial charge in [0.05, 0.1) is 13.0 Å². The summed E-state index contributed by atoms with van der Waals surface area (Å²) in [4.78, 5) is 47.3. The van der Waals surface area contributed by atoms with Gasteiger partial charge in [-0.3, -0.25) is 14.4 Å². The number of ether oxygens (including phenoxy) is 1. The first-order valence-electron chi connectivity index (χ1n) is 14.4. The van der Waals surface area contributed by atoms with Gasteiger partial charge in [-0.2, -0.15) is 0 Å². The minimum Gasteiger partial charge on any atom is -0.469 e. The van der Waals surface area contributed by atoms with Gasteiger partial charge in [0, 0.05) is 35.8 Å². The van der Waals surface area contributed by atoms with Crippen LogP contribution in [0.5, 0.6) is 0 Å². The highest BCUT2D eigenvalue weighted by Crippen LogP contribution is 2.28.